The Kier molecular flexibility index (Phi) is 4.37. The SMILES string of the molecule is CNc1cc(NC(C)c2cccc(Br)c2)nc(C)n1. The van der Waals surface area contributed by atoms with Crippen molar-refractivity contribution in [2.75, 3.05) is 17.7 Å². The number of nitrogens with zero attached hydrogens (tertiary/aromatic N) is 2. The van der Waals surface area contributed by atoms with E-state index in [1.54, 1.807) is 0 Å². The molecule has 0 spiro atoms. The second-order valence-corrected chi connectivity index (χ2v) is 5.27. The topological polar surface area (TPSA) is 49.8 Å². The lowest BCUT2D eigenvalue weighted by molar-refractivity contribution is 0.866. The van der Waals surface area contributed by atoms with Crippen molar-refractivity contribution in [2.45, 2.75) is 19.9 Å². The Labute approximate surface area is 121 Å². The first-order valence-corrected chi connectivity index (χ1v) is 6.93. The maximum Gasteiger partial charge on any atom is 0.132 e. The van der Waals surface area contributed by atoms with Gasteiger partial charge in [-0.2, -0.15) is 0 Å². The highest BCUT2D eigenvalue weighted by Crippen LogP contribution is 2.22. The lowest BCUT2D eigenvalue weighted by Crippen LogP contribution is -2.09. The molecule has 4 nitrogen and oxygen atoms in total. The number of halogens is 1. The largest absolute Gasteiger partial charge is 0.373 e. The minimum atomic E-state index is 0.177. The molecule has 1 heterocycles. The van der Waals surface area contributed by atoms with E-state index in [9.17, 15) is 0 Å². The predicted molar refractivity (Wildman–Crippen MR) is 82.5 cm³/mol. The van der Waals surface area contributed by atoms with Gasteiger partial charge in [0, 0.05) is 23.6 Å². The van der Waals surface area contributed by atoms with Crippen LogP contribution in [0, 0.1) is 6.92 Å². The molecule has 2 aromatic rings. The summed E-state index contributed by atoms with van der Waals surface area (Å²) in [5.41, 5.74) is 1.21. The molecule has 2 N–H and O–H groups in total. The van der Waals surface area contributed by atoms with Crippen molar-refractivity contribution in [2.24, 2.45) is 0 Å². The molecule has 5 heteroatoms. The minimum Gasteiger partial charge on any atom is -0.373 e. The van der Waals surface area contributed by atoms with Gasteiger partial charge in [-0.25, -0.2) is 9.97 Å². The van der Waals surface area contributed by atoms with Gasteiger partial charge in [0.25, 0.3) is 0 Å². The van der Waals surface area contributed by atoms with Crippen LogP contribution in [0.2, 0.25) is 0 Å². The van der Waals surface area contributed by atoms with E-state index in [0.29, 0.717) is 0 Å². The first-order valence-electron chi connectivity index (χ1n) is 6.14. The Morgan fingerprint density at radius 1 is 1.16 bits per heavy atom. The van der Waals surface area contributed by atoms with E-state index in [-0.39, 0.29) is 6.04 Å². The summed E-state index contributed by atoms with van der Waals surface area (Å²) >= 11 is 3.49. The smallest absolute Gasteiger partial charge is 0.132 e. The van der Waals surface area contributed by atoms with Crippen LogP contribution in [0.3, 0.4) is 0 Å². The van der Waals surface area contributed by atoms with Crippen molar-refractivity contribution in [1.29, 1.82) is 0 Å². The normalized spacial score (nSPS) is 12.0. The summed E-state index contributed by atoms with van der Waals surface area (Å²) in [5, 5.41) is 6.42. The van der Waals surface area contributed by atoms with E-state index in [2.05, 4.69) is 55.6 Å². The van der Waals surface area contributed by atoms with Crippen molar-refractivity contribution >= 4 is 27.6 Å². The predicted octanol–water partition coefficient (Wildman–Crippen LogP) is 3.76. The number of benzene rings is 1. The van der Waals surface area contributed by atoms with Gasteiger partial charge in [-0.1, -0.05) is 28.1 Å². The van der Waals surface area contributed by atoms with E-state index in [1.807, 2.05) is 32.2 Å². The first kappa shape index (κ1) is 13.8. The number of hydrogen-bond donors (Lipinski definition) is 2. The summed E-state index contributed by atoms with van der Waals surface area (Å²) in [6.07, 6.45) is 0. The minimum absolute atomic E-state index is 0.177. The Morgan fingerprint density at radius 3 is 2.58 bits per heavy atom. The van der Waals surface area contributed by atoms with Crippen molar-refractivity contribution in [1.82, 2.24) is 9.97 Å². The fourth-order valence-corrected chi connectivity index (χ4v) is 2.27. The van der Waals surface area contributed by atoms with Gasteiger partial charge in [-0.05, 0) is 31.5 Å². The maximum absolute atomic E-state index is 4.40. The van der Waals surface area contributed by atoms with E-state index >= 15 is 0 Å². The molecule has 0 bridgehead atoms. The third kappa shape index (κ3) is 3.67. The molecule has 1 unspecified atom stereocenters. The maximum atomic E-state index is 4.40. The Hall–Kier alpha value is -1.62. The molecule has 0 saturated carbocycles. The third-order valence-corrected chi connectivity index (χ3v) is 3.30. The van der Waals surface area contributed by atoms with Gasteiger partial charge in [-0.3, -0.25) is 0 Å². The monoisotopic (exact) mass is 320 g/mol. The fraction of sp³-hybridized carbons (Fsp3) is 0.286. The van der Waals surface area contributed by atoms with E-state index in [0.717, 1.165) is 21.9 Å². The van der Waals surface area contributed by atoms with Crippen LogP contribution in [0.5, 0.6) is 0 Å². The number of nitrogens with one attached hydrogen (secondary N) is 2. The van der Waals surface area contributed by atoms with Gasteiger partial charge in [-0.15, -0.1) is 0 Å². The van der Waals surface area contributed by atoms with Crippen molar-refractivity contribution in [3.8, 4) is 0 Å². The summed E-state index contributed by atoms with van der Waals surface area (Å²) in [7, 11) is 1.85. The lowest BCUT2D eigenvalue weighted by Gasteiger charge is -2.16. The standard InChI is InChI=1S/C14H17BrN4/c1-9(11-5-4-6-12(15)7-11)17-14-8-13(16-3)18-10(2)19-14/h4-9H,1-3H3,(H2,16,17,18,19). The number of anilines is 2. The number of rotatable bonds is 4. The highest BCUT2D eigenvalue weighted by molar-refractivity contribution is 9.10. The van der Waals surface area contributed by atoms with E-state index in [4.69, 9.17) is 0 Å². The quantitative estimate of drug-likeness (QED) is 0.900. The van der Waals surface area contributed by atoms with Gasteiger partial charge in [0.2, 0.25) is 0 Å². The van der Waals surface area contributed by atoms with E-state index in [1.165, 1.54) is 5.56 Å². The van der Waals surface area contributed by atoms with Gasteiger partial charge in [0.1, 0.15) is 17.5 Å². The summed E-state index contributed by atoms with van der Waals surface area (Å²) < 4.78 is 1.08. The van der Waals surface area contributed by atoms with Gasteiger partial charge in [0.15, 0.2) is 0 Å². The van der Waals surface area contributed by atoms with Crippen LogP contribution in [0.1, 0.15) is 24.4 Å². The van der Waals surface area contributed by atoms with Crippen LogP contribution in [0.4, 0.5) is 11.6 Å². The molecule has 0 saturated heterocycles. The van der Waals surface area contributed by atoms with Crippen molar-refractivity contribution in [3.63, 3.8) is 0 Å². The Morgan fingerprint density at radius 2 is 1.89 bits per heavy atom. The average molecular weight is 321 g/mol. The second-order valence-electron chi connectivity index (χ2n) is 4.36. The summed E-state index contributed by atoms with van der Waals surface area (Å²) in [4.78, 5) is 8.67. The molecule has 0 amide bonds. The molecule has 0 aliphatic carbocycles. The molecule has 100 valence electrons. The van der Waals surface area contributed by atoms with Gasteiger partial charge >= 0.3 is 0 Å². The molecule has 0 fully saturated rings. The van der Waals surface area contributed by atoms with Crippen LogP contribution >= 0.6 is 15.9 Å². The van der Waals surface area contributed by atoms with Crippen LogP contribution in [-0.2, 0) is 0 Å². The molecule has 1 aromatic heterocycles. The molecule has 0 radical (unpaired) electrons. The number of aromatic nitrogens is 2. The average Bonchev–Trinajstić information content (AvgIpc) is 2.38. The number of hydrogen-bond acceptors (Lipinski definition) is 4. The molecule has 1 atom stereocenters. The van der Waals surface area contributed by atoms with Crippen LogP contribution in [0.15, 0.2) is 34.8 Å². The molecular weight excluding hydrogens is 304 g/mol. The van der Waals surface area contributed by atoms with Crippen molar-refractivity contribution < 1.29 is 0 Å². The second kappa shape index (κ2) is 6.02. The van der Waals surface area contributed by atoms with E-state index < -0.39 is 0 Å². The molecule has 0 aliphatic heterocycles. The van der Waals surface area contributed by atoms with Crippen molar-refractivity contribution in [3.05, 3.63) is 46.2 Å². The highest BCUT2D eigenvalue weighted by Gasteiger charge is 2.08. The number of aryl methyl sites for hydroxylation is 1. The third-order valence-electron chi connectivity index (χ3n) is 2.81. The molecule has 19 heavy (non-hydrogen) atoms. The van der Waals surface area contributed by atoms with Gasteiger partial charge in [0.05, 0.1) is 0 Å². The summed E-state index contributed by atoms with van der Waals surface area (Å²) in [6.45, 7) is 3.99. The molecular formula is C14H17BrN4. The fourth-order valence-electron chi connectivity index (χ4n) is 1.85. The zero-order valence-electron chi connectivity index (χ0n) is 11.2. The van der Waals surface area contributed by atoms with Crippen LogP contribution < -0.4 is 10.6 Å². The zero-order chi connectivity index (χ0) is 13.8. The van der Waals surface area contributed by atoms with Crippen LogP contribution in [-0.4, -0.2) is 17.0 Å². The molecule has 2 rings (SSSR count). The molecule has 0 aliphatic rings. The molecule has 1 aromatic carbocycles. The Balaban J connectivity index is 2.18. The zero-order valence-corrected chi connectivity index (χ0v) is 12.8. The summed E-state index contributed by atoms with van der Waals surface area (Å²) in [6, 6.07) is 10.3. The van der Waals surface area contributed by atoms with Crippen LogP contribution in [0.25, 0.3) is 0 Å². The Bertz CT molecular complexity index is 571. The first-order chi connectivity index (χ1) is 9.08. The van der Waals surface area contributed by atoms with Gasteiger partial charge < -0.3 is 10.6 Å². The lowest BCUT2D eigenvalue weighted by atomic mass is 10.1. The summed E-state index contributed by atoms with van der Waals surface area (Å²) in [5.74, 6) is 2.39. The highest BCUT2D eigenvalue weighted by atomic mass is 79.9.